The highest BCUT2D eigenvalue weighted by Crippen LogP contribution is 2.54. The molecule has 0 aliphatic heterocycles. The molecule has 106 heavy (non-hydrogen) atoms. The molecule has 0 saturated heterocycles. The minimum absolute atomic E-state index is 0.0296. The van der Waals surface area contributed by atoms with Crippen LogP contribution in [0.2, 0.25) is 0 Å². The van der Waals surface area contributed by atoms with Crippen LogP contribution in [-0.2, 0) is 10.8 Å². The molecule has 0 aromatic heterocycles. The van der Waals surface area contributed by atoms with Gasteiger partial charge in [0.2, 0.25) is 0 Å². The van der Waals surface area contributed by atoms with Gasteiger partial charge in [-0.15, -0.1) is 0 Å². The molecular weight excluding hydrogens is 1270 g/mol. The van der Waals surface area contributed by atoms with Crippen LogP contribution in [0.3, 0.4) is 0 Å². The van der Waals surface area contributed by atoms with Crippen molar-refractivity contribution in [1.29, 1.82) is 0 Å². The molecule has 20 aromatic rings. The van der Waals surface area contributed by atoms with Gasteiger partial charge in [-0.1, -0.05) is 337 Å². The van der Waals surface area contributed by atoms with E-state index in [0.717, 1.165) is 0 Å². The molecule has 0 radical (unpaired) electrons. The van der Waals surface area contributed by atoms with Crippen LogP contribution in [0.1, 0.15) is 49.9 Å². The average Bonchev–Trinajstić information content (AvgIpc) is 0.816. The fraction of sp³-hybridized carbons (Fsp3) is 0.0566. The smallest absolute Gasteiger partial charge is 0.0159 e. The highest BCUT2D eigenvalue weighted by atomic mass is 14.4. The molecule has 0 spiro atoms. The molecule has 2 aliphatic rings. The van der Waals surface area contributed by atoms with E-state index in [0.29, 0.717) is 0 Å². The van der Waals surface area contributed by atoms with Crippen molar-refractivity contribution in [3.05, 3.63) is 386 Å². The average molecular weight is 1350 g/mol. The SMILES string of the molecule is CC1(C)c2ccc(-c3ccc(-c4c5ccccc5c(-c5ccc6ccccc6c5)c5ccccc45)cc3)cc2-c2cc3ccccc3cc21.CC1(C)c2ccc(-c3ccc(-c4c5ccccc5c(-c5cccc6c5ccc5cc7ccccc7cc56)c5ccccc45)cc3)cc2-c2cc3ccccc3cc21. The van der Waals surface area contributed by atoms with Gasteiger partial charge in [-0.3, -0.25) is 0 Å². The molecule has 0 saturated carbocycles. The minimum atomic E-state index is -0.0416. The topological polar surface area (TPSA) is 0 Å². The number of fused-ring (bicyclic) bond motifs is 17. The van der Waals surface area contributed by atoms with Gasteiger partial charge in [-0.25, -0.2) is 0 Å². The lowest BCUT2D eigenvalue weighted by Crippen LogP contribution is -2.14. The monoisotopic (exact) mass is 1340 g/mol. The second kappa shape index (κ2) is 23.8. The zero-order valence-electron chi connectivity index (χ0n) is 59.6. The second-order valence-corrected chi connectivity index (χ2v) is 30.5. The van der Waals surface area contributed by atoms with E-state index in [2.05, 4.69) is 392 Å². The number of hydrogen-bond donors (Lipinski definition) is 0. The summed E-state index contributed by atoms with van der Waals surface area (Å²) in [5, 5.41) is 25.6. The van der Waals surface area contributed by atoms with E-state index >= 15 is 0 Å². The lowest BCUT2D eigenvalue weighted by atomic mass is 9.81. The molecule has 2 aliphatic carbocycles. The third-order valence-electron chi connectivity index (χ3n) is 24.0. The Morgan fingerprint density at radius 3 is 0.896 bits per heavy atom. The van der Waals surface area contributed by atoms with E-state index in [1.54, 1.807) is 0 Å². The molecule has 0 N–H and O–H groups in total. The second-order valence-electron chi connectivity index (χ2n) is 30.5. The van der Waals surface area contributed by atoms with Crippen molar-refractivity contribution in [3.63, 3.8) is 0 Å². The predicted molar refractivity (Wildman–Crippen MR) is 456 cm³/mol. The van der Waals surface area contributed by atoms with Gasteiger partial charge in [-0.05, 0) is 274 Å². The summed E-state index contributed by atoms with van der Waals surface area (Å²) >= 11 is 0. The van der Waals surface area contributed by atoms with E-state index in [1.165, 1.54) is 219 Å². The van der Waals surface area contributed by atoms with Gasteiger partial charge in [-0.2, -0.15) is 0 Å². The van der Waals surface area contributed by atoms with E-state index in [4.69, 9.17) is 0 Å². The van der Waals surface area contributed by atoms with Crippen molar-refractivity contribution in [1.82, 2.24) is 0 Å². The summed E-state index contributed by atoms with van der Waals surface area (Å²) < 4.78 is 0. The molecule has 0 fully saturated rings. The fourth-order valence-electron chi connectivity index (χ4n) is 18.7. The molecule has 0 unspecified atom stereocenters. The molecule has 0 amide bonds. The third kappa shape index (κ3) is 9.61. The van der Waals surface area contributed by atoms with Crippen LogP contribution in [0.15, 0.2) is 364 Å². The maximum atomic E-state index is 2.42. The van der Waals surface area contributed by atoms with Gasteiger partial charge < -0.3 is 0 Å². The van der Waals surface area contributed by atoms with E-state index < -0.39 is 0 Å². The first kappa shape index (κ1) is 61.6. The zero-order valence-corrected chi connectivity index (χ0v) is 59.6. The molecule has 20 aromatic carbocycles. The van der Waals surface area contributed by atoms with Crippen LogP contribution in [0.5, 0.6) is 0 Å². The summed E-state index contributed by atoms with van der Waals surface area (Å²) in [5.74, 6) is 0. The first-order valence-corrected chi connectivity index (χ1v) is 37.3. The van der Waals surface area contributed by atoms with Crippen molar-refractivity contribution in [2.24, 2.45) is 0 Å². The van der Waals surface area contributed by atoms with Crippen LogP contribution in [0.4, 0.5) is 0 Å². The lowest BCUT2D eigenvalue weighted by Gasteiger charge is -2.22. The van der Waals surface area contributed by atoms with Crippen LogP contribution in [0, 0.1) is 0 Å². The summed E-state index contributed by atoms with van der Waals surface area (Å²) in [7, 11) is 0. The fourth-order valence-corrected chi connectivity index (χ4v) is 18.7. The first-order valence-electron chi connectivity index (χ1n) is 37.3. The molecular formula is C106H72. The Morgan fingerprint density at radius 2 is 0.453 bits per heavy atom. The van der Waals surface area contributed by atoms with Gasteiger partial charge in [0.25, 0.3) is 0 Å². The largest absolute Gasteiger partial charge is 0.0616 e. The van der Waals surface area contributed by atoms with Crippen LogP contribution in [0.25, 0.3) is 197 Å². The minimum Gasteiger partial charge on any atom is -0.0616 e. The number of benzene rings is 20. The standard InChI is InChI=1S/C57H38.C49H34/c1-57(2)53-29-27-41(33-51(53)52-32-39-14-5-6-15-40(39)34-54(52)57)35-22-24-36(25-23-35)55-46-16-7-9-18-48(46)56(49-19-10-8-17-47(49)55)45-21-11-20-43-44(45)28-26-42-30-37-12-3-4-13-38(37)31-50(42)43;1-49(2)45-26-25-37(29-43(45)44-28-35-13-5-6-14-36(35)30-46(44)49)32-19-22-33(23-20-32)47-39-15-7-9-17-41(39)48(42-18-10-8-16-40(42)47)38-24-21-31-11-3-4-12-34(31)27-38/h3-34H,1-2H3;3-30H,1-2H3. The molecule has 0 heterocycles. The maximum absolute atomic E-state index is 2.42. The van der Waals surface area contributed by atoms with E-state index in [-0.39, 0.29) is 10.8 Å². The van der Waals surface area contributed by atoms with Crippen molar-refractivity contribution in [2.45, 2.75) is 38.5 Å². The molecule has 0 bridgehead atoms. The molecule has 22 rings (SSSR count). The van der Waals surface area contributed by atoms with Gasteiger partial charge >= 0.3 is 0 Å². The maximum Gasteiger partial charge on any atom is 0.0159 e. The highest BCUT2D eigenvalue weighted by molar-refractivity contribution is 6.26. The summed E-state index contributed by atoms with van der Waals surface area (Å²) in [6.45, 7) is 9.46. The van der Waals surface area contributed by atoms with Gasteiger partial charge in [0.05, 0.1) is 0 Å². The van der Waals surface area contributed by atoms with E-state index in [1.807, 2.05) is 0 Å². The molecule has 0 atom stereocenters. The molecule has 0 heteroatoms. The van der Waals surface area contributed by atoms with Crippen molar-refractivity contribution >= 4 is 108 Å². The molecule has 496 valence electrons. The lowest BCUT2D eigenvalue weighted by molar-refractivity contribution is 0.661. The van der Waals surface area contributed by atoms with Crippen LogP contribution in [-0.4, -0.2) is 0 Å². The molecule has 0 nitrogen and oxygen atoms in total. The quantitative estimate of drug-likeness (QED) is 0.115. The van der Waals surface area contributed by atoms with Crippen LogP contribution >= 0.6 is 0 Å². The Kier molecular flexibility index (Phi) is 13.8. The first-order chi connectivity index (χ1) is 52.1. The van der Waals surface area contributed by atoms with Gasteiger partial charge in [0.1, 0.15) is 0 Å². The van der Waals surface area contributed by atoms with Crippen molar-refractivity contribution in [2.75, 3.05) is 0 Å². The highest BCUT2D eigenvalue weighted by Gasteiger charge is 2.37. The summed E-state index contributed by atoms with van der Waals surface area (Å²) in [5.41, 5.74) is 26.1. The van der Waals surface area contributed by atoms with Gasteiger partial charge in [0.15, 0.2) is 0 Å². The Hall–Kier alpha value is -13.0. The Morgan fingerprint density at radius 1 is 0.142 bits per heavy atom. The third-order valence-corrected chi connectivity index (χ3v) is 24.0. The summed E-state index contributed by atoms with van der Waals surface area (Å²) in [6.07, 6.45) is 0. The zero-order chi connectivity index (χ0) is 70.5. The van der Waals surface area contributed by atoms with E-state index in [9.17, 15) is 0 Å². The summed E-state index contributed by atoms with van der Waals surface area (Å²) in [6, 6.07) is 136. The van der Waals surface area contributed by atoms with Crippen LogP contribution < -0.4 is 0 Å². The van der Waals surface area contributed by atoms with Crippen molar-refractivity contribution < 1.29 is 0 Å². The Bertz CT molecular complexity index is 6990. The van der Waals surface area contributed by atoms with Crippen molar-refractivity contribution in [3.8, 4) is 89.0 Å². The normalized spacial score (nSPS) is 13.2. The number of rotatable bonds is 6. The number of hydrogen-bond acceptors (Lipinski definition) is 0. The summed E-state index contributed by atoms with van der Waals surface area (Å²) in [4.78, 5) is 0. The predicted octanol–water partition coefficient (Wildman–Crippen LogP) is 29.5. The van der Waals surface area contributed by atoms with Gasteiger partial charge in [0, 0.05) is 10.8 Å². The Balaban J connectivity index is 0.000000138. The Labute approximate surface area is 617 Å².